The maximum Gasteiger partial charge on any atom is 0.167 e. The lowest BCUT2D eigenvalue weighted by molar-refractivity contribution is 0.428. The van der Waals surface area contributed by atoms with Gasteiger partial charge in [0, 0.05) is 11.6 Å². The summed E-state index contributed by atoms with van der Waals surface area (Å²) in [5.74, 6) is 0.269. The molecule has 0 aliphatic carbocycles. The maximum atomic E-state index is 14.1. The predicted molar refractivity (Wildman–Crippen MR) is 80.1 cm³/mol. The van der Waals surface area contributed by atoms with Gasteiger partial charge in [-0.2, -0.15) is 0 Å². The van der Waals surface area contributed by atoms with Crippen molar-refractivity contribution in [1.82, 2.24) is 5.32 Å². The summed E-state index contributed by atoms with van der Waals surface area (Å²) in [6.07, 6.45) is 0. The van der Waals surface area contributed by atoms with Crippen molar-refractivity contribution in [3.63, 3.8) is 0 Å². The molecule has 0 amide bonds. The van der Waals surface area contributed by atoms with Crippen LogP contribution in [-0.2, 0) is 0 Å². The first-order valence-corrected chi connectivity index (χ1v) is 6.80. The second-order valence-corrected chi connectivity index (χ2v) is 5.11. The van der Waals surface area contributed by atoms with E-state index in [1.807, 2.05) is 33.0 Å². The molecule has 0 saturated heterocycles. The molecule has 2 aromatic rings. The van der Waals surface area contributed by atoms with E-state index in [0.29, 0.717) is 10.8 Å². The van der Waals surface area contributed by atoms with E-state index in [1.165, 1.54) is 6.07 Å². The number of benzene rings is 2. The summed E-state index contributed by atoms with van der Waals surface area (Å²) in [7, 11) is 1.82. The lowest BCUT2D eigenvalue weighted by Crippen LogP contribution is -2.13. The molecule has 0 bridgehead atoms. The Morgan fingerprint density at radius 1 is 1.25 bits per heavy atom. The van der Waals surface area contributed by atoms with Gasteiger partial charge in [-0.25, -0.2) is 4.39 Å². The van der Waals surface area contributed by atoms with Gasteiger partial charge in [-0.1, -0.05) is 29.8 Å². The van der Waals surface area contributed by atoms with Gasteiger partial charge in [0.2, 0.25) is 0 Å². The van der Waals surface area contributed by atoms with E-state index >= 15 is 0 Å². The van der Waals surface area contributed by atoms with E-state index in [1.54, 1.807) is 18.2 Å². The van der Waals surface area contributed by atoms with Gasteiger partial charge in [0.05, 0.1) is 5.02 Å². The van der Waals surface area contributed by atoms with Crippen LogP contribution in [-0.4, -0.2) is 7.05 Å². The molecule has 0 heterocycles. The van der Waals surface area contributed by atoms with Gasteiger partial charge in [-0.05, 0) is 44.7 Å². The van der Waals surface area contributed by atoms with Crippen LogP contribution in [0.25, 0.3) is 0 Å². The van der Waals surface area contributed by atoms with Crippen LogP contribution in [0.15, 0.2) is 36.4 Å². The second kappa shape index (κ2) is 6.25. The Hall–Kier alpha value is -1.58. The summed E-state index contributed by atoms with van der Waals surface area (Å²) in [5, 5.41) is 3.54. The molecular weight excluding hydrogens is 277 g/mol. The largest absolute Gasteiger partial charge is 0.452 e. The Morgan fingerprint density at radius 3 is 2.70 bits per heavy atom. The molecule has 0 aliphatic rings. The predicted octanol–water partition coefficient (Wildman–Crippen LogP) is 4.86. The molecule has 0 saturated carbocycles. The maximum absolute atomic E-state index is 14.1. The van der Waals surface area contributed by atoms with Crippen LogP contribution < -0.4 is 10.1 Å². The first kappa shape index (κ1) is 14.8. The summed E-state index contributed by atoms with van der Waals surface area (Å²) in [6.45, 7) is 3.88. The minimum atomic E-state index is -0.401. The van der Waals surface area contributed by atoms with Crippen LogP contribution >= 0.6 is 11.6 Å². The van der Waals surface area contributed by atoms with Gasteiger partial charge in [0.1, 0.15) is 5.75 Å². The molecule has 4 heteroatoms. The van der Waals surface area contributed by atoms with Crippen LogP contribution in [0.3, 0.4) is 0 Å². The molecule has 1 unspecified atom stereocenters. The van der Waals surface area contributed by atoms with E-state index < -0.39 is 5.82 Å². The summed E-state index contributed by atoms with van der Waals surface area (Å²) in [6, 6.07) is 10.3. The number of hydrogen-bond donors (Lipinski definition) is 1. The Morgan fingerprint density at radius 2 is 2.00 bits per heavy atom. The Kier molecular flexibility index (Phi) is 4.63. The zero-order valence-corrected chi connectivity index (χ0v) is 12.5. The van der Waals surface area contributed by atoms with Crippen LogP contribution in [0, 0.1) is 12.7 Å². The van der Waals surface area contributed by atoms with Crippen molar-refractivity contribution in [1.29, 1.82) is 0 Å². The summed E-state index contributed by atoms with van der Waals surface area (Å²) in [5.41, 5.74) is 1.76. The molecule has 0 spiro atoms. The van der Waals surface area contributed by atoms with E-state index in [9.17, 15) is 4.39 Å². The number of halogens is 2. The van der Waals surface area contributed by atoms with Gasteiger partial charge in [0.25, 0.3) is 0 Å². The molecule has 0 fully saturated rings. The number of nitrogens with one attached hydrogen (secondary N) is 1. The molecule has 1 N–H and O–H groups in total. The summed E-state index contributed by atoms with van der Waals surface area (Å²) >= 11 is 6.10. The summed E-state index contributed by atoms with van der Waals surface area (Å²) < 4.78 is 19.8. The van der Waals surface area contributed by atoms with Gasteiger partial charge in [-0.15, -0.1) is 0 Å². The monoisotopic (exact) mass is 293 g/mol. The van der Waals surface area contributed by atoms with Gasteiger partial charge in [0.15, 0.2) is 11.6 Å². The molecule has 2 nitrogen and oxygen atoms in total. The quantitative estimate of drug-likeness (QED) is 0.869. The molecule has 20 heavy (non-hydrogen) atoms. The molecule has 1 atom stereocenters. The Labute approximate surface area is 123 Å². The molecule has 0 radical (unpaired) electrons. The average Bonchev–Trinajstić information content (AvgIpc) is 2.44. The van der Waals surface area contributed by atoms with Crippen LogP contribution in [0.4, 0.5) is 4.39 Å². The highest BCUT2D eigenvalue weighted by Gasteiger charge is 2.16. The number of para-hydroxylation sites is 1. The smallest absolute Gasteiger partial charge is 0.167 e. The third-order valence-electron chi connectivity index (χ3n) is 3.20. The number of ether oxygens (including phenoxy) is 1. The fourth-order valence-corrected chi connectivity index (χ4v) is 2.08. The number of aryl methyl sites for hydroxylation is 1. The van der Waals surface area contributed by atoms with Crippen molar-refractivity contribution in [3.05, 3.63) is 58.4 Å². The molecule has 2 rings (SSSR count). The van der Waals surface area contributed by atoms with E-state index in [2.05, 4.69) is 5.32 Å². The molecule has 2 aromatic carbocycles. The first-order chi connectivity index (χ1) is 9.52. The second-order valence-electron chi connectivity index (χ2n) is 4.70. The van der Waals surface area contributed by atoms with Crippen molar-refractivity contribution in [2.75, 3.05) is 7.05 Å². The lowest BCUT2D eigenvalue weighted by atomic mass is 10.1. The van der Waals surface area contributed by atoms with Crippen molar-refractivity contribution >= 4 is 11.6 Å². The van der Waals surface area contributed by atoms with E-state index in [-0.39, 0.29) is 11.8 Å². The van der Waals surface area contributed by atoms with Crippen LogP contribution in [0.1, 0.15) is 24.1 Å². The first-order valence-electron chi connectivity index (χ1n) is 6.42. The third-order valence-corrected chi connectivity index (χ3v) is 3.51. The minimum absolute atomic E-state index is 0.0238. The summed E-state index contributed by atoms with van der Waals surface area (Å²) in [4.78, 5) is 0. The van der Waals surface area contributed by atoms with Crippen LogP contribution in [0.2, 0.25) is 5.02 Å². The zero-order valence-electron chi connectivity index (χ0n) is 11.7. The third kappa shape index (κ3) is 3.11. The fourth-order valence-electron chi connectivity index (χ4n) is 1.93. The van der Waals surface area contributed by atoms with E-state index in [0.717, 1.165) is 11.1 Å². The topological polar surface area (TPSA) is 21.3 Å². The lowest BCUT2D eigenvalue weighted by Gasteiger charge is -2.17. The normalized spacial score (nSPS) is 12.2. The van der Waals surface area contributed by atoms with E-state index in [4.69, 9.17) is 16.3 Å². The Bertz CT molecular complexity index is 615. The molecular formula is C16H17ClFNO. The number of hydrogen-bond acceptors (Lipinski definition) is 2. The molecule has 106 valence electrons. The highest BCUT2D eigenvalue weighted by molar-refractivity contribution is 6.32. The van der Waals surface area contributed by atoms with Crippen molar-refractivity contribution in [3.8, 4) is 11.5 Å². The standard InChI is InChI=1S/C16H17ClFNO/c1-10-7-8-13(17)15(9-10)20-16-12(11(2)19-3)5-4-6-14(16)18/h4-9,11,19H,1-3H3. The van der Waals surface area contributed by atoms with Gasteiger partial charge >= 0.3 is 0 Å². The highest BCUT2D eigenvalue weighted by atomic mass is 35.5. The van der Waals surface area contributed by atoms with Gasteiger partial charge in [-0.3, -0.25) is 0 Å². The van der Waals surface area contributed by atoms with Crippen molar-refractivity contribution in [2.45, 2.75) is 19.9 Å². The van der Waals surface area contributed by atoms with Crippen LogP contribution in [0.5, 0.6) is 11.5 Å². The van der Waals surface area contributed by atoms with Crippen molar-refractivity contribution in [2.24, 2.45) is 0 Å². The number of rotatable bonds is 4. The van der Waals surface area contributed by atoms with Gasteiger partial charge < -0.3 is 10.1 Å². The van der Waals surface area contributed by atoms with Crippen molar-refractivity contribution < 1.29 is 9.13 Å². The minimum Gasteiger partial charge on any atom is -0.452 e. The molecule has 0 aromatic heterocycles. The Balaban J connectivity index is 2.45. The highest BCUT2D eigenvalue weighted by Crippen LogP contribution is 2.35. The zero-order chi connectivity index (χ0) is 14.7. The molecule has 0 aliphatic heterocycles. The SMILES string of the molecule is CNC(C)c1cccc(F)c1Oc1cc(C)ccc1Cl. The average molecular weight is 294 g/mol. The fraction of sp³-hybridized carbons (Fsp3) is 0.250.